The fourth-order valence-corrected chi connectivity index (χ4v) is 7.09. The zero-order chi connectivity index (χ0) is 47.5. The van der Waals surface area contributed by atoms with Gasteiger partial charge in [0, 0.05) is 43.3 Å². The van der Waals surface area contributed by atoms with E-state index < -0.39 is 28.6 Å². The van der Waals surface area contributed by atoms with Crippen LogP contribution in [0, 0.1) is 23.1 Å². The first-order valence-electron chi connectivity index (χ1n) is 19.6. The van der Waals surface area contributed by atoms with Crippen LogP contribution in [0.1, 0.15) is 92.8 Å². The second kappa shape index (κ2) is 25.6. The predicted octanol–water partition coefficient (Wildman–Crippen LogP) is 8.24. The molecule has 0 radical (unpaired) electrons. The van der Waals surface area contributed by atoms with Gasteiger partial charge in [0.05, 0.1) is 30.8 Å². The number of thiocarbonyl (C=S) groups is 1. The first-order chi connectivity index (χ1) is 29.6. The summed E-state index contributed by atoms with van der Waals surface area (Å²) in [6.45, 7) is 13.6. The van der Waals surface area contributed by atoms with E-state index in [0.717, 1.165) is 30.2 Å². The summed E-state index contributed by atoms with van der Waals surface area (Å²) in [7, 11) is 2.74. The Bertz CT molecular complexity index is 2100. The van der Waals surface area contributed by atoms with Gasteiger partial charge in [-0.2, -0.15) is 5.26 Å². The monoisotopic (exact) mass is 980 g/mol. The Hall–Kier alpha value is -5.42. The molecule has 0 atom stereocenters. The van der Waals surface area contributed by atoms with Crippen LogP contribution in [-0.4, -0.2) is 113 Å². The van der Waals surface area contributed by atoms with Gasteiger partial charge < -0.3 is 45.5 Å². The summed E-state index contributed by atoms with van der Waals surface area (Å²) in [5, 5.41) is 13.5. The number of isothiocyanates is 1. The Morgan fingerprint density at radius 1 is 0.889 bits per heavy atom. The molecule has 5 rings (SSSR count). The number of carbonyl (C=O) groups excluding carboxylic acids is 4. The summed E-state index contributed by atoms with van der Waals surface area (Å²) in [5.74, 6) is -1.38. The molecule has 2 aliphatic rings. The number of nitrogens with one attached hydrogen (secondary N) is 1. The van der Waals surface area contributed by atoms with Crippen molar-refractivity contribution in [1.82, 2.24) is 14.8 Å². The van der Waals surface area contributed by atoms with Crippen LogP contribution in [-0.2, 0) is 9.47 Å². The summed E-state index contributed by atoms with van der Waals surface area (Å²) in [6, 6.07) is 8.46. The summed E-state index contributed by atoms with van der Waals surface area (Å²) >= 11 is 8.70. The molecule has 3 heterocycles. The standard InChI is InChI=1S/C21H27FN4O4S.C11H18N2O2S.C9H8BrFO2.CH2N2/c1-21(2,3)30-20(28)26-9-7-13(8-10-26)24-19-25-18(23)17(31-19)16(27)12-5-6-15(29-4)14(22)11-12;1-11(2,3)15-10(14)13-6-4-9(5-7-13)12-8-16;1-13-9-3-2-6(4-7(9)11)8(12)5-10;2-1-3/h5-6,11,13H,7-10,23H2,1-4H3,(H,24,25);9H,4-7H2,1-3H3;2-4H,5H2,1H3;2H2. The number of alkyl halides is 1. The van der Waals surface area contributed by atoms with Crippen molar-refractivity contribution in [3.8, 4) is 17.7 Å². The van der Waals surface area contributed by atoms with Gasteiger partial charge in [-0.15, -0.1) is 0 Å². The number of carbonyl (C=O) groups is 4. The minimum absolute atomic E-state index is 0.0638. The normalized spacial score (nSPS) is 14.0. The Morgan fingerprint density at radius 2 is 1.33 bits per heavy atom. The fraction of sp³-hybridized carbons (Fsp3) is 0.500. The third-order valence-electron chi connectivity index (χ3n) is 8.69. The number of aliphatic imine (C=N–C) groups is 1. The molecule has 0 aliphatic carbocycles. The van der Waals surface area contributed by atoms with Crippen molar-refractivity contribution in [3.05, 3.63) is 64.0 Å². The fourth-order valence-electron chi connectivity index (χ4n) is 5.70. The van der Waals surface area contributed by atoms with Crippen LogP contribution < -0.4 is 26.3 Å². The second-order valence-electron chi connectivity index (χ2n) is 15.8. The van der Waals surface area contributed by atoms with Crippen molar-refractivity contribution in [2.45, 2.75) is 90.5 Å². The molecule has 63 heavy (non-hydrogen) atoms. The number of likely N-dealkylation sites (tertiary alicyclic amines) is 2. The molecule has 2 fully saturated rings. The lowest BCUT2D eigenvalue weighted by Gasteiger charge is -2.33. The van der Waals surface area contributed by atoms with Crippen LogP contribution in [0.4, 0.5) is 29.3 Å². The SMILES string of the molecule is CC(C)(C)OC(=O)N1CCC(N=C=S)CC1.COc1ccc(C(=O)CBr)cc1F.COc1ccc(C(=O)c2sc(NC3CCN(C(=O)OC(C)(C)C)CC3)nc2N)cc1F.N#CN. The van der Waals surface area contributed by atoms with Gasteiger partial charge >= 0.3 is 12.2 Å². The molecular formula is C42H55BrF2N8O8S2. The number of Topliss-reactive ketones (excluding diaryl/α,β-unsaturated/α-hetero) is 1. The maximum Gasteiger partial charge on any atom is 0.410 e. The molecule has 2 aromatic carbocycles. The Morgan fingerprint density at radius 3 is 1.75 bits per heavy atom. The molecule has 2 amide bonds. The number of amides is 2. The number of methoxy groups -OCH3 is 2. The Balaban J connectivity index is 0.000000355. The Kier molecular flexibility index (Phi) is 21.9. The van der Waals surface area contributed by atoms with E-state index in [4.69, 9.17) is 29.9 Å². The topological polar surface area (TPSA) is 225 Å². The molecule has 0 unspecified atom stereocenters. The number of thiazole rings is 1. The van der Waals surface area contributed by atoms with E-state index in [1.54, 1.807) is 9.80 Å². The number of hydrogen-bond donors (Lipinski definition) is 3. The van der Waals surface area contributed by atoms with Crippen molar-refractivity contribution < 1.29 is 46.9 Å². The summed E-state index contributed by atoms with van der Waals surface area (Å²) in [4.78, 5) is 59.7. The van der Waals surface area contributed by atoms with Crippen molar-refractivity contribution in [1.29, 1.82) is 5.26 Å². The number of piperidine rings is 2. The molecular weight excluding hydrogens is 927 g/mol. The molecule has 0 saturated carbocycles. The number of anilines is 2. The number of benzene rings is 2. The molecule has 2 aliphatic heterocycles. The number of aromatic nitrogens is 1. The Labute approximate surface area is 384 Å². The number of nitrogens with two attached hydrogens (primary N) is 2. The average Bonchev–Trinajstić information content (AvgIpc) is 3.59. The van der Waals surface area contributed by atoms with Gasteiger partial charge in [0.15, 0.2) is 40.2 Å². The largest absolute Gasteiger partial charge is 0.494 e. The zero-order valence-corrected chi connectivity index (χ0v) is 39.8. The lowest BCUT2D eigenvalue weighted by Crippen LogP contribution is -2.44. The van der Waals surface area contributed by atoms with Crippen molar-refractivity contribution in [3.63, 3.8) is 0 Å². The van der Waals surface area contributed by atoms with Crippen LogP contribution in [0.3, 0.4) is 0 Å². The lowest BCUT2D eigenvalue weighted by molar-refractivity contribution is 0.0198. The van der Waals surface area contributed by atoms with E-state index in [0.29, 0.717) is 49.7 Å². The van der Waals surface area contributed by atoms with E-state index in [2.05, 4.69) is 54.3 Å². The van der Waals surface area contributed by atoms with Gasteiger partial charge in [-0.05, 0) is 116 Å². The zero-order valence-electron chi connectivity index (χ0n) is 36.6. The van der Waals surface area contributed by atoms with Gasteiger partial charge in [-0.3, -0.25) is 9.59 Å². The maximum absolute atomic E-state index is 14.0. The minimum Gasteiger partial charge on any atom is -0.494 e. The number of halogens is 3. The maximum atomic E-state index is 14.0. The molecule has 2 saturated heterocycles. The number of nitriles is 1. The van der Waals surface area contributed by atoms with Gasteiger partial charge in [0.25, 0.3) is 0 Å². The third-order valence-corrected chi connectivity index (χ3v) is 10.3. The van der Waals surface area contributed by atoms with Crippen LogP contribution in [0.5, 0.6) is 11.5 Å². The van der Waals surface area contributed by atoms with E-state index in [9.17, 15) is 28.0 Å². The van der Waals surface area contributed by atoms with Crippen LogP contribution in [0.2, 0.25) is 0 Å². The van der Waals surface area contributed by atoms with Crippen LogP contribution in [0.25, 0.3) is 0 Å². The highest BCUT2D eigenvalue weighted by molar-refractivity contribution is 9.09. The number of ether oxygens (including phenoxy) is 4. The first-order valence-corrected chi connectivity index (χ1v) is 21.9. The van der Waals surface area contributed by atoms with E-state index in [1.807, 2.05) is 41.5 Å². The smallest absolute Gasteiger partial charge is 0.410 e. The van der Waals surface area contributed by atoms with E-state index in [1.165, 1.54) is 50.7 Å². The van der Waals surface area contributed by atoms with Crippen LogP contribution in [0.15, 0.2) is 41.4 Å². The van der Waals surface area contributed by atoms with Crippen molar-refractivity contribution in [2.24, 2.45) is 10.7 Å². The molecule has 5 N–H and O–H groups in total. The van der Waals surface area contributed by atoms with Gasteiger partial charge in [-0.25, -0.2) is 28.3 Å². The van der Waals surface area contributed by atoms with E-state index >= 15 is 0 Å². The van der Waals surface area contributed by atoms with Crippen LogP contribution >= 0.6 is 39.5 Å². The third kappa shape index (κ3) is 18.4. The number of nitrogens with zero attached hydrogens (tertiary/aromatic N) is 5. The molecule has 0 spiro atoms. The number of ketones is 2. The number of hydrogen-bond acceptors (Lipinski definition) is 16. The summed E-state index contributed by atoms with van der Waals surface area (Å²) in [6.07, 6.45) is 3.80. The number of nitrogen functional groups attached to an aromatic ring is 1. The minimum atomic E-state index is -0.619. The first kappa shape index (κ1) is 53.7. The highest BCUT2D eigenvalue weighted by Gasteiger charge is 2.29. The highest BCUT2D eigenvalue weighted by Crippen LogP contribution is 2.30. The quantitative estimate of drug-likeness (QED) is 0.0459. The summed E-state index contributed by atoms with van der Waals surface area (Å²) < 4.78 is 47.3. The van der Waals surface area contributed by atoms with E-state index in [-0.39, 0.29) is 63.1 Å². The molecule has 0 bridgehead atoms. The lowest BCUT2D eigenvalue weighted by atomic mass is 10.1. The molecule has 21 heteroatoms. The molecule has 1 aromatic heterocycles. The predicted molar refractivity (Wildman–Crippen MR) is 244 cm³/mol. The average molecular weight is 982 g/mol. The van der Waals surface area contributed by atoms with Crippen molar-refractivity contribution in [2.75, 3.05) is 56.8 Å². The second-order valence-corrected chi connectivity index (χ2v) is 17.5. The van der Waals surface area contributed by atoms with Gasteiger partial charge in [-0.1, -0.05) is 27.3 Å². The summed E-state index contributed by atoms with van der Waals surface area (Å²) in [5.41, 5.74) is 9.66. The highest BCUT2D eigenvalue weighted by atomic mass is 79.9. The van der Waals surface area contributed by atoms with Crippen molar-refractivity contribution >= 4 is 79.3 Å². The van der Waals surface area contributed by atoms with Gasteiger partial charge in [0.2, 0.25) is 5.78 Å². The van der Waals surface area contributed by atoms with Gasteiger partial charge in [0.1, 0.15) is 21.9 Å². The number of rotatable bonds is 9. The molecule has 3 aromatic rings. The molecule has 16 nitrogen and oxygen atoms in total. The molecule has 344 valence electrons.